The van der Waals surface area contributed by atoms with E-state index in [0.717, 1.165) is 61.6 Å². The second-order valence-corrected chi connectivity index (χ2v) is 11.5. The Hall–Kier alpha value is -1.28. The van der Waals surface area contributed by atoms with E-state index in [2.05, 4.69) is 15.2 Å². The molecule has 1 N–H and O–H groups in total. The summed E-state index contributed by atoms with van der Waals surface area (Å²) in [5, 5.41) is 3.81. The molecular weight excluding hydrogens is 428 g/mol. The molecule has 2 saturated carbocycles. The van der Waals surface area contributed by atoms with Crippen molar-refractivity contribution < 1.29 is 9.59 Å². The molecule has 4 rings (SSSR count). The summed E-state index contributed by atoms with van der Waals surface area (Å²) in [5.74, 6) is 1.16. The van der Waals surface area contributed by atoms with Gasteiger partial charge >= 0.3 is 6.03 Å². The van der Waals surface area contributed by atoms with Crippen LogP contribution in [0.3, 0.4) is 0 Å². The lowest BCUT2D eigenvalue weighted by atomic mass is 9.89. The smallest absolute Gasteiger partial charge is 0.324 e. The standard InChI is InChI=1S/C23H36N4O2S2/c28-20-13-7-8-14-26(20)15-16-30-21-17-24-22(31-21)25-23(29)27(18-9-3-1-4-10-18)19-11-5-2-6-12-19/h17-19H,1-16H2,(H,24,25,29). The average molecular weight is 465 g/mol. The number of rotatable bonds is 7. The number of carbonyl (C=O) groups is 2. The molecule has 1 saturated heterocycles. The topological polar surface area (TPSA) is 65.5 Å². The number of nitrogens with zero attached hydrogens (tertiary/aromatic N) is 3. The monoisotopic (exact) mass is 464 g/mol. The highest BCUT2D eigenvalue weighted by atomic mass is 32.2. The Balaban J connectivity index is 1.31. The van der Waals surface area contributed by atoms with E-state index in [1.165, 1.54) is 38.5 Å². The van der Waals surface area contributed by atoms with Gasteiger partial charge in [0.05, 0.1) is 10.4 Å². The quantitative estimate of drug-likeness (QED) is 0.522. The highest BCUT2D eigenvalue weighted by Crippen LogP contribution is 2.32. The Morgan fingerprint density at radius 1 is 1.06 bits per heavy atom. The van der Waals surface area contributed by atoms with Crippen molar-refractivity contribution in [1.82, 2.24) is 14.8 Å². The van der Waals surface area contributed by atoms with Crippen molar-refractivity contribution in [3.8, 4) is 0 Å². The first kappa shape index (κ1) is 22.9. The molecular formula is C23H36N4O2S2. The van der Waals surface area contributed by atoms with Crippen molar-refractivity contribution >= 4 is 40.2 Å². The number of nitrogens with one attached hydrogen (secondary N) is 1. The number of aromatic nitrogens is 1. The fourth-order valence-electron chi connectivity index (χ4n) is 5.24. The number of thiazole rings is 1. The first-order chi connectivity index (χ1) is 15.2. The maximum atomic E-state index is 13.3. The molecule has 3 aliphatic rings. The van der Waals surface area contributed by atoms with Gasteiger partial charge in [0.2, 0.25) is 5.91 Å². The number of thioether (sulfide) groups is 1. The molecule has 0 aromatic carbocycles. The van der Waals surface area contributed by atoms with Crippen LogP contribution >= 0.6 is 23.1 Å². The first-order valence-electron chi connectivity index (χ1n) is 12.2. The molecule has 3 fully saturated rings. The van der Waals surface area contributed by atoms with E-state index in [1.54, 1.807) is 23.1 Å². The summed E-state index contributed by atoms with van der Waals surface area (Å²) >= 11 is 3.27. The van der Waals surface area contributed by atoms with E-state index in [1.807, 2.05) is 11.1 Å². The SMILES string of the molecule is O=C1CCCCN1CCSc1cnc(NC(=O)N(C2CCCCC2)C2CCCCC2)s1. The van der Waals surface area contributed by atoms with Gasteiger partial charge in [-0.05, 0) is 38.5 Å². The fourth-order valence-corrected chi connectivity index (χ4v) is 7.15. The van der Waals surface area contributed by atoms with E-state index >= 15 is 0 Å². The molecule has 6 nitrogen and oxygen atoms in total. The number of hydrogen-bond acceptors (Lipinski definition) is 5. The number of piperidine rings is 1. The van der Waals surface area contributed by atoms with Crippen LogP contribution in [0.15, 0.2) is 10.4 Å². The molecule has 0 bridgehead atoms. The van der Waals surface area contributed by atoms with Crippen LogP contribution in [0.2, 0.25) is 0 Å². The Morgan fingerprint density at radius 2 is 1.74 bits per heavy atom. The highest BCUT2D eigenvalue weighted by molar-refractivity contribution is 8.01. The Bertz CT molecular complexity index is 711. The van der Waals surface area contributed by atoms with Gasteiger partial charge < -0.3 is 9.80 Å². The highest BCUT2D eigenvalue weighted by Gasteiger charge is 2.32. The predicted octanol–water partition coefficient (Wildman–Crippen LogP) is 5.75. The zero-order valence-corrected chi connectivity index (χ0v) is 20.2. The van der Waals surface area contributed by atoms with Crippen LogP contribution in [0.5, 0.6) is 0 Å². The summed E-state index contributed by atoms with van der Waals surface area (Å²) in [4.78, 5) is 33.9. The molecule has 31 heavy (non-hydrogen) atoms. The molecule has 0 atom stereocenters. The second-order valence-electron chi connectivity index (χ2n) is 9.09. The molecule has 2 heterocycles. The zero-order chi connectivity index (χ0) is 21.5. The molecule has 0 unspecified atom stereocenters. The summed E-state index contributed by atoms with van der Waals surface area (Å²) in [7, 11) is 0. The maximum Gasteiger partial charge on any atom is 0.324 e. The van der Waals surface area contributed by atoms with Gasteiger partial charge in [-0.25, -0.2) is 9.78 Å². The van der Waals surface area contributed by atoms with Crippen molar-refractivity contribution in [2.24, 2.45) is 0 Å². The van der Waals surface area contributed by atoms with Gasteiger partial charge in [0.15, 0.2) is 5.13 Å². The minimum atomic E-state index is 0.0450. The van der Waals surface area contributed by atoms with Crippen LogP contribution in [0.4, 0.5) is 9.93 Å². The van der Waals surface area contributed by atoms with Crippen molar-refractivity contribution in [2.45, 2.75) is 99.8 Å². The van der Waals surface area contributed by atoms with Gasteiger partial charge in [0, 0.05) is 37.3 Å². The lowest BCUT2D eigenvalue weighted by molar-refractivity contribution is -0.132. The minimum Gasteiger partial charge on any atom is -0.342 e. The average Bonchev–Trinajstić information content (AvgIpc) is 3.24. The van der Waals surface area contributed by atoms with Crippen molar-refractivity contribution in [2.75, 3.05) is 24.2 Å². The van der Waals surface area contributed by atoms with Crippen LogP contribution in [0, 0.1) is 0 Å². The van der Waals surface area contributed by atoms with Crippen LogP contribution in [0.1, 0.15) is 83.5 Å². The van der Waals surface area contributed by atoms with Crippen molar-refractivity contribution in [3.63, 3.8) is 0 Å². The molecule has 1 aromatic rings. The van der Waals surface area contributed by atoms with Gasteiger partial charge in [-0.1, -0.05) is 49.9 Å². The van der Waals surface area contributed by atoms with E-state index in [0.29, 0.717) is 23.6 Å². The molecule has 172 valence electrons. The number of anilines is 1. The summed E-state index contributed by atoms with van der Waals surface area (Å²) < 4.78 is 1.10. The van der Waals surface area contributed by atoms with Crippen molar-refractivity contribution in [3.05, 3.63) is 6.20 Å². The van der Waals surface area contributed by atoms with Gasteiger partial charge in [0.25, 0.3) is 0 Å². The summed E-state index contributed by atoms with van der Waals surface area (Å²) in [6.07, 6.45) is 16.8. The van der Waals surface area contributed by atoms with E-state index < -0.39 is 0 Å². The minimum absolute atomic E-state index is 0.0450. The second kappa shape index (κ2) is 11.5. The summed E-state index contributed by atoms with van der Waals surface area (Å²) in [5.41, 5.74) is 0. The van der Waals surface area contributed by atoms with Gasteiger partial charge in [0.1, 0.15) is 0 Å². The van der Waals surface area contributed by atoms with Gasteiger partial charge in [-0.15, -0.1) is 11.8 Å². The molecule has 8 heteroatoms. The van der Waals surface area contributed by atoms with Crippen LogP contribution < -0.4 is 5.32 Å². The molecule has 0 radical (unpaired) electrons. The van der Waals surface area contributed by atoms with E-state index in [-0.39, 0.29) is 11.9 Å². The number of urea groups is 1. The Kier molecular flexibility index (Phi) is 8.53. The largest absolute Gasteiger partial charge is 0.342 e. The van der Waals surface area contributed by atoms with E-state index in [4.69, 9.17) is 0 Å². The Morgan fingerprint density at radius 3 is 2.39 bits per heavy atom. The third kappa shape index (κ3) is 6.37. The molecule has 3 amide bonds. The van der Waals surface area contributed by atoms with Crippen LogP contribution in [-0.2, 0) is 4.79 Å². The summed E-state index contributed by atoms with van der Waals surface area (Å²) in [6.45, 7) is 1.68. The number of amides is 3. The molecule has 0 spiro atoms. The number of carbonyl (C=O) groups excluding carboxylic acids is 2. The maximum absolute atomic E-state index is 13.3. The van der Waals surface area contributed by atoms with Crippen molar-refractivity contribution in [1.29, 1.82) is 0 Å². The number of hydrogen-bond donors (Lipinski definition) is 1. The van der Waals surface area contributed by atoms with Gasteiger partial charge in [-0.2, -0.15) is 0 Å². The summed E-state index contributed by atoms with van der Waals surface area (Å²) in [6, 6.07) is 0.809. The third-order valence-corrected chi connectivity index (χ3v) is 8.98. The van der Waals surface area contributed by atoms with Crippen LogP contribution in [-0.4, -0.2) is 57.6 Å². The van der Waals surface area contributed by atoms with Gasteiger partial charge in [-0.3, -0.25) is 10.1 Å². The fraction of sp³-hybridized carbons (Fsp3) is 0.783. The zero-order valence-electron chi connectivity index (χ0n) is 18.5. The third-order valence-electron chi connectivity index (χ3n) is 6.90. The molecule has 1 aromatic heterocycles. The lowest BCUT2D eigenvalue weighted by Gasteiger charge is -2.41. The molecule has 2 aliphatic carbocycles. The molecule has 1 aliphatic heterocycles. The predicted molar refractivity (Wildman–Crippen MR) is 128 cm³/mol. The lowest BCUT2D eigenvalue weighted by Crippen LogP contribution is -2.50. The number of likely N-dealkylation sites (tertiary alicyclic amines) is 1. The van der Waals surface area contributed by atoms with E-state index in [9.17, 15) is 9.59 Å². The Labute approximate surface area is 194 Å². The first-order valence-corrected chi connectivity index (χ1v) is 14.0. The normalized spacial score (nSPS) is 21.3. The van der Waals surface area contributed by atoms with Crippen LogP contribution in [0.25, 0.3) is 0 Å².